The van der Waals surface area contributed by atoms with E-state index in [0.29, 0.717) is 18.4 Å². The number of rotatable bonds is 8. The van der Waals surface area contributed by atoms with Crippen LogP contribution < -0.4 is 0 Å². The maximum absolute atomic E-state index is 6.04. The number of hydrogen-bond acceptors (Lipinski definition) is 3. The van der Waals surface area contributed by atoms with Gasteiger partial charge in [-0.05, 0) is 55.5 Å². The highest BCUT2D eigenvalue weighted by molar-refractivity contribution is 5.53. The van der Waals surface area contributed by atoms with Crippen LogP contribution in [0.25, 0.3) is 11.5 Å². The molecule has 3 nitrogen and oxygen atoms in total. The van der Waals surface area contributed by atoms with Crippen LogP contribution in [0.2, 0.25) is 0 Å². The third-order valence-corrected chi connectivity index (χ3v) is 4.77. The number of allylic oxidation sites excluding steroid dienone is 5. The fourth-order valence-corrected chi connectivity index (χ4v) is 3.42. The lowest BCUT2D eigenvalue weighted by Gasteiger charge is -2.04. The van der Waals surface area contributed by atoms with E-state index in [2.05, 4.69) is 39.0 Å². The molecule has 0 aliphatic heterocycles. The summed E-state index contributed by atoms with van der Waals surface area (Å²) in [6.07, 6.45) is 12.6. The molecule has 1 aromatic heterocycles. The maximum atomic E-state index is 6.04. The molecule has 3 rings (SSSR count). The van der Waals surface area contributed by atoms with Gasteiger partial charge in [-0.2, -0.15) is 0 Å². The van der Waals surface area contributed by atoms with Crippen LogP contribution in [0.3, 0.4) is 0 Å². The summed E-state index contributed by atoms with van der Waals surface area (Å²) in [7, 11) is 0. The Morgan fingerprint density at radius 2 is 1.85 bits per heavy atom. The SMILES string of the molecule is C/C=C\C1=C(/C=C/OCCc2nc(-c3ccccc3)oc2C(C)C)CCC1. The monoisotopic (exact) mass is 363 g/mol. The molecule has 0 atom stereocenters. The Bertz CT molecular complexity index is 825. The second-order valence-electron chi connectivity index (χ2n) is 7.18. The van der Waals surface area contributed by atoms with E-state index in [4.69, 9.17) is 14.1 Å². The van der Waals surface area contributed by atoms with Crippen molar-refractivity contribution in [1.82, 2.24) is 4.98 Å². The number of oxazole rings is 1. The molecule has 0 saturated carbocycles. The first-order chi connectivity index (χ1) is 13.2. The Morgan fingerprint density at radius 3 is 2.56 bits per heavy atom. The van der Waals surface area contributed by atoms with Crippen molar-refractivity contribution in [1.29, 1.82) is 0 Å². The standard InChI is InChI=1S/C24H29NO2/c1-4-9-19-12-8-13-20(19)14-16-26-17-15-22-23(18(2)3)27-24(25-22)21-10-6-5-7-11-21/h4-7,9-11,14,16,18H,8,12-13,15,17H2,1-3H3/b9-4-,16-14+. The van der Waals surface area contributed by atoms with Crippen LogP contribution in [0, 0.1) is 0 Å². The highest BCUT2D eigenvalue weighted by Gasteiger charge is 2.17. The summed E-state index contributed by atoms with van der Waals surface area (Å²) in [6, 6.07) is 10.1. The fourth-order valence-electron chi connectivity index (χ4n) is 3.42. The lowest BCUT2D eigenvalue weighted by Crippen LogP contribution is -1.99. The molecule has 0 unspecified atom stereocenters. The molecule has 0 amide bonds. The molecule has 0 fully saturated rings. The van der Waals surface area contributed by atoms with Gasteiger partial charge in [0.05, 0.1) is 18.6 Å². The summed E-state index contributed by atoms with van der Waals surface area (Å²) in [5.41, 5.74) is 4.83. The van der Waals surface area contributed by atoms with Crippen LogP contribution >= 0.6 is 0 Å². The van der Waals surface area contributed by atoms with Gasteiger partial charge in [-0.1, -0.05) is 44.2 Å². The zero-order chi connectivity index (χ0) is 19.1. The Hall–Kier alpha value is -2.55. The minimum Gasteiger partial charge on any atom is -0.501 e. The Morgan fingerprint density at radius 1 is 1.11 bits per heavy atom. The van der Waals surface area contributed by atoms with E-state index in [-0.39, 0.29) is 0 Å². The van der Waals surface area contributed by atoms with Gasteiger partial charge in [-0.25, -0.2) is 4.98 Å². The van der Waals surface area contributed by atoms with E-state index in [1.54, 1.807) is 0 Å². The van der Waals surface area contributed by atoms with E-state index < -0.39 is 0 Å². The lowest BCUT2D eigenvalue weighted by atomic mass is 10.1. The molecule has 3 heteroatoms. The van der Waals surface area contributed by atoms with E-state index in [1.807, 2.05) is 36.6 Å². The third kappa shape index (κ3) is 5.00. The summed E-state index contributed by atoms with van der Waals surface area (Å²) in [5, 5.41) is 0. The molecule has 0 bridgehead atoms. The van der Waals surface area contributed by atoms with Gasteiger partial charge in [-0.15, -0.1) is 0 Å². The molecule has 27 heavy (non-hydrogen) atoms. The number of hydrogen-bond donors (Lipinski definition) is 0. The Balaban J connectivity index is 1.61. The zero-order valence-corrected chi connectivity index (χ0v) is 16.6. The van der Waals surface area contributed by atoms with Crippen molar-refractivity contribution in [3.05, 3.63) is 77.4 Å². The Labute approximate surface area is 162 Å². The van der Waals surface area contributed by atoms with Crippen molar-refractivity contribution in [3.63, 3.8) is 0 Å². The van der Waals surface area contributed by atoms with E-state index in [0.717, 1.165) is 29.9 Å². The first kappa shape index (κ1) is 19.2. The highest BCUT2D eigenvalue weighted by Crippen LogP contribution is 2.28. The minimum absolute atomic E-state index is 0.299. The number of aromatic nitrogens is 1. The second-order valence-corrected chi connectivity index (χ2v) is 7.18. The predicted octanol–water partition coefficient (Wildman–Crippen LogP) is 6.59. The van der Waals surface area contributed by atoms with Crippen LogP contribution in [-0.2, 0) is 11.2 Å². The van der Waals surface area contributed by atoms with Crippen molar-refractivity contribution < 1.29 is 9.15 Å². The van der Waals surface area contributed by atoms with Crippen LogP contribution in [0.5, 0.6) is 0 Å². The average Bonchev–Trinajstić information content (AvgIpc) is 3.30. The normalized spacial score (nSPS) is 15.0. The number of ether oxygens (including phenoxy) is 1. The maximum Gasteiger partial charge on any atom is 0.226 e. The molecule has 1 aliphatic carbocycles. The quantitative estimate of drug-likeness (QED) is 0.392. The van der Waals surface area contributed by atoms with Crippen molar-refractivity contribution in [3.8, 4) is 11.5 Å². The smallest absolute Gasteiger partial charge is 0.226 e. The topological polar surface area (TPSA) is 35.3 Å². The molecule has 2 aromatic rings. The molecule has 1 aliphatic rings. The average molecular weight is 364 g/mol. The number of benzene rings is 1. The summed E-state index contributed by atoms with van der Waals surface area (Å²) in [5.74, 6) is 1.94. The van der Waals surface area contributed by atoms with Gasteiger partial charge in [0.1, 0.15) is 5.76 Å². The summed E-state index contributed by atoms with van der Waals surface area (Å²) in [6.45, 7) is 6.93. The molecule has 1 heterocycles. The van der Waals surface area contributed by atoms with Crippen molar-refractivity contribution >= 4 is 0 Å². The molecule has 142 valence electrons. The highest BCUT2D eigenvalue weighted by atomic mass is 16.5. The van der Waals surface area contributed by atoms with Crippen molar-refractivity contribution in [2.24, 2.45) is 0 Å². The van der Waals surface area contributed by atoms with Crippen LogP contribution in [-0.4, -0.2) is 11.6 Å². The number of nitrogens with zero attached hydrogens (tertiary/aromatic N) is 1. The minimum atomic E-state index is 0.299. The van der Waals surface area contributed by atoms with Gasteiger partial charge in [0.2, 0.25) is 5.89 Å². The molecule has 1 aromatic carbocycles. The van der Waals surface area contributed by atoms with Gasteiger partial charge in [-0.3, -0.25) is 0 Å². The predicted molar refractivity (Wildman–Crippen MR) is 111 cm³/mol. The first-order valence-corrected chi connectivity index (χ1v) is 9.87. The third-order valence-electron chi connectivity index (χ3n) is 4.77. The van der Waals surface area contributed by atoms with Crippen LogP contribution in [0.15, 0.2) is 70.4 Å². The van der Waals surface area contributed by atoms with Gasteiger partial charge in [0.25, 0.3) is 0 Å². The first-order valence-electron chi connectivity index (χ1n) is 9.87. The molecule has 0 spiro atoms. The van der Waals surface area contributed by atoms with Gasteiger partial charge in [0, 0.05) is 17.9 Å². The van der Waals surface area contributed by atoms with Crippen molar-refractivity contribution in [2.75, 3.05) is 6.61 Å². The summed E-state index contributed by atoms with van der Waals surface area (Å²) in [4.78, 5) is 4.72. The molecular formula is C24H29NO2. The molecule has 0 N–H and O–H groups in total. The summed E-state index contributed by atoms with van der Waals surface area (Å²) >= 11 is 0. The Kier molecular flexibility index (Phi) is 6.69. The molecule has 0 radical (unpaired) electrons. The second kappa shape index (κ2) is 9.40. The van der Waals surface area contributed by atoms with Crippen molar-refractivity contribution in [2.45, 2.75) is 52.4 Å². The van der Waals surface area contributed by atoms with E-state index in [9.17, 15) is 0 Å². The lowest BCUT2D eigenvalue weighted by molar-refractivity contribution is 0.251. The van der Waals surface area contributed by atoms with Crippen LogP contribution in [0.4, 0.5) is 0 Å². The summed E-state index contributed by atoms with van der Waals surface area (Å²) < 4.78 is 11.8. The zero-order valence-electron chi connectivity index (χ0n) is 16.6. The van der Waals surface area contributed by atoms with Gasteiger partial charge < -0.3 is 9.15 Å². The largest absolute Gasteiger partial charge is 0.501 e. The van der Waals surface area contributed by atoms with E-state index in [1.165, 1.54) is 24.0 Å². The molecule has 0 saturated heterocycles. The van der Waals surface area contributed by atoms with Gasteiger partial charge >= 0.3 is 0 Å². The fraction of sp³-hybridized carbons (Fsp3) is 0.375. The van der Waals surface area contributed by atoms with Crippen LogP contribution in [0.1, 0.15) is 57.4 Å². The van der Waals surface area contributed by atoms with E-state index >= 15 is 0 Å². The van der Waals surface area contributed by atoms with Gasteiger partial charge in [0.15, 0.2) is 0 Å². The molecular weight excluding hydrogens is 334 g/mol.